The Kier molecular flexibility index (Phi) is 3.97. The van der Waals surface area contributed by atoms with Gasteiger partial charge in [-0.1, -0.05) is 22.0 Å². The number of benzene rings is 1. The van der Waals surface area contributed by atoms with Gasteiger partial charge >= 0.3 is 0 Å². The van der Waals surface area contributed by atoms with Gasteiger partial charge in [-0.05, 0) is 42.1 Å². The molecule has 0 bridgehead atoms. The maximum absolute atomic E-state index is 11.8. The van der Waals surface area contributed by atoms with Crippen LogP contribution in [0, 0.1) is 6.92 Å². The zero-order chi connectivity index (χ0) is 12.3. The predicted molar refractivity (Wildman–Crippen MR) is 76.0 cm³/mol. The maximum atomic E-state index is 11.8. The van der Waals surface area contributed by atoms with Crippen molar-refractivity contribution < 1.29 is 4.79 Å². The minimum Gasteiger partial charge on any atom is -0.377 e. The molecule has 0 aliphatic heterocycles. The van der Waals surface area contributed by atoms with Crippen LogP contribution >= 0.6 is 27.3 Å². The predicted octanol–water partition coefficient (Wildman–Crippen LogP) is 4.11. The minimum atomic E-state index is 0.127. The van der Waals surface area contributed by atoms with Gasteiger partial charge in [0.1, 0.15) is 0 Å². The molecule has 4 heteroatoms. The lowest BCUT2D eigenvalue weighted by atomic mass is 10.2. The molecule has 0 saturated carbocycles. The Balaban J connectivity index is 2.01. The van der Waals surface area contributed by atoms with Crippen LogP contribution in [0.3, 0.4) is 0 Å². The first-order valence-electron chi connectivity index (χ1n) is 5.23. The average Bonchev–Trinajstić information content (AvgIpc) is 2.81. The van der Waals surface area contributed by atoms with Crippen molar-refractivity contribution in [3.8, 4) is 0 Å². The van der Waals surface area contributed by atoms with E-state index in [0.29, 0.717) is 6.54 Å². The molecule has 0 unspecified atom stereocenters. The fraction of sp³-hybridized carbons (Fsp3) is 0.154. The number of aryl methyl sites for hydroxylation is 1. The van der Waals surface area contributed by atoms with E-state index in [2.05, 4.69) is 21.2 Å². The van der Waals surface area contributed by atoms with Crippen molar-refractivity contribution in [2.24, 2.45) is 0 Å². The van der Waals surface area contributed by atoms with Crippen LogP contribution in [0.4, 0.5) is 5.69 Å². The fourth-order valence-electron chi connectivity index (χ4n) is 1.53. The second kappa shape index (κ2) is 5.47. The summed E-state index contributed by atoms with van der Waals surface area (Å²) in [6.45, 7) is 2.35. The van der Waals surface area contributed by atoms with Gasteiger partial charge in [-0.15, -0.1) is 11.3 Å². The number of halogens is 1. The summed E-state index contributed by atoms with van der Waals surface area (Å²) in [5.41, 5.74) is 2.12. The highest BCUT2D eigenvalue weighted by atomic mass is 79.9. The first-order valence-corrected chi connectivity index (χ1v) is 6.91. The van der Waals surface area contributed by atoms with Crippen molar-refractivity contribution in [2.75, 3.05) is 11.9 Å². The van der Waals surface area contributed by atoms with Gasteiger partial charge in [0.05, 0.1) is 11.4 Å². The number of hydrogen-bond donors (Lipinski definition) is 1. The van der Waals surface area contributed by atoms with Gasteiger partial charge < -0.3 is 5.32 Å². The van der Waals surface area contributed by atoms with Gasteiger partial charge in [-0.25, -0.2) is 0 Å². The Labute approximate surface area is 113 Å². The van der Waals surface area contributed by atoms with Gasteiger partial charge in [0, 0.05) is 10.2 Å². The largest absolute Gasteiger partial charge is 0.377 e. The van der Waals surface area contributed by atoms with E-state index in [1.54, 1.807) is 0 Å². The SMILES string of the molecule is Cc1cc(Br)ccc1NCC(=O)c1cccs1. The third kappa shape index (κ3) is 3.17. The van der Waals surface area contributed by atoms with Crippen molar-refractivity contribution in [2.45, 2.75) is 6.92 Å². The van der Waals surface area contributed by atoms with Gasteiger partial charge in [0.2, 0.25) is 0 Å². The normalized spacial score (nSPS) is 10.2. The topological polar surface area (TPSA) is 29.1 Å². The molecular formula is C13H12BrNOS. The molecule has 1 N–H and O–H groups in total. The zero-order valence-corrected chi connectivity index (χ0v) is 11.8. The Morgan fingerprint density at radius 3 is 2.88 bits per heavy atom. The van der Waals surface area contributed by atoms with E-state index < -0.39 is 0 Å². The molecule has 0 spiro atoms. The molecule has 0 aliphatic carbocycles. The molecule has 0 aliphatic rings. The molecule has 0 atom stereocenters. The Morgan fingerprint density at radius 2 is 2.24 bits per heavy atom. The Hall–Kier alpha value is -1.13. The number of ketones is 1. The van der Waals surface area contributed by atoms with Crippen LogP contribution in [-0.2, 0) is 0 Å². The quantitative estimate of drug-likeness (QED) is 0.861. The van der Waals surface area contributed by atoms with Crippen LogP contribution in [0.15, 0.2) is 40.2 Å². The third-order valence-electron chi connectivity index (χ3n) is 2.42. The summed E-state index contributed by atoms with van der Waals surface area (Å²) in [6.07, 6.45) is 0. The number of anilines is 1. The number of thiophene rings is 1. The number of hydrogen-bond acceptors (Lipinski definition) is 3. The van der Waals surface area contributed by atoms with Crippen molar-refractivity contribution >= 4 is 38.7 Å². The van der Waals surface area contributed by atoms with Crippen LogP contribution < -0.4 is 5.32 Å². The molecule has 1 heterocycles. The minimum absolute atomic E-state index is 0.127. The maximum Gasteiger partial charge on any atom is 0.191 e. The smallest absolute Gasteiger partial charge is 0.191 e. The summed E-state index contributed by atoms with van der Waals surface area (Å²) < 4.78 is 1.05. The van der Waals surface area contributed by atoms with Gasteiger partial charge in [0.15, 0.2) is 5.78 Å². The molecule has 88 valence electrons. The molecule has 17 heavy (non-hydrogen) atoms. The van der Waals surface area contributed by atoms with Crippen molar-refractivity contribution in [3.63, 3.8) is 0 Å². The van der Waals surface area contributed by atoms with Crippen molar-refractivity contribution in [1.29, 1.82) is 0 Å². The molecule has 1 aromatic heterocycles. The molecule has 2 rings (SSSR count). The summed E-state index contributed by atoms with van der Waals surface area (Å²) in [6, 6.07) is 9.70. The number of carbonyl (C=O) groups is 1. The van der Waals surface area contributed by atoms with E-state index in [1.165, 1.54) is 11.3 Å². The van der Waals surface area contributed by atoms with E-state index in [0.717, 1.165) is 20.6 Å². The summed E-state index contributed by atoms with van der Waals surface area (Å²) >= 11 is 4.89. The molecular weight excluding hydrogens is 298 g/mol. The van der Waals surface area contributed by atoms with Gasteiger partial charge in [0.25, 0.3) is 0 Å². The summed E-state index contributed by atoms with van der Waals surface area (Å²) in [4.78, 5) is 12.6. The number of rotatable bonds is 4. The lowest BCUT2D eigenvalue weighted by Crippen LogP contribution is -2.13. The second-order valence-electron chi connectivity index (χ2n) is 3.71. The van der Waals surface area contributed by atoms with Crippen LogP contribution in [-0.4, -0.2) is 12.3 Å². The highest BCUT2D eigenvalue weighted by Crippen LogP contribution is 2.20. The third-order valence-corrected chi connectivity index (χ3v) is 3.83. The molecule has 0 amide bonds. The van der Waals surface area contributed by atoms with Crippen LogP contribution in [0.5, 0.6) is 0 Å². The van der Waals surface area contributed by atoms with Gasteiger partial charge in [-0.3, -0.25) is 4.79 Å². The van der Waals surface area contributed by atoms with E-state index in [1.807, 2.05) is 42.6 Å². The summed E-state index contributed by atoms with van der Waals surface area (Å²) in [5, 5.41) is 5.08. The molecule has 0 fully saturated rings. The first kappa shape index (κ1) is 12.3. The highest BCUT2D eigenvalue weighted by Gasteiger charge is 2.07. The molecule has 2 aromatic rings. The van der Waals surface area contributed by atoms with E-state index in [9.17, 15) is 4.79 Å². The molecule has 0 radical (unpaired) electrons. The molecule has 1 aromatic carbocycles. The summed E-state index contributed by atoms with van der Waals surface area (Å²) in [5.74, 6) is 0.127. The monoisotopic (exact) mass is 309 g/mol. The van der Waals surface area contributed by atoms with Crippen molar-refractivity contribution in [3.05, 3.63) is 50.6 Å². The summed E-state index contributed by atoms with van der Waals surface area (Å²) in [7, 11) is 0. The number of nitrogens with one attached hydrogen (secondary N) is 1. The lowest BCUT2D eigenvalue weighted by molar-refractivity contribution is 0.101. The van der Waals surface area contributed by atoms with E-state index in [-0.39, 0.29) is 5.78 Å². The fourth-order valence-corrected chi connectivity index (χ4v) is 2.67. The standard InChI is InChI=1S/C13H12BrNOS/c1-9-7-10(14)4-5-11(9)15-8-12(16)13-3-2-6-17-13/h2-7,15H,8H2,1H3. The Morgan fingerprint density at radius 1 is 1.41 bits per heavy atom. The number of Topliss-reactive ketones (excluding diaryl/α,β-unsaturated/α-hetero) is 1. The average molecular weight is 310 g/mol. The number of carbonyl (C=O) groups excluding carboxylic acids is 1. The van der Waals surface area contributed by atoms with Gasteiger partial charge in [-0.2, -0.15) is 0 Å². The van der Waals surface area contributed by atoms with Crippen LogP contribution in [0.2, 0.25) is 0 Å². The van der Waals surface area contributed by atoms with E-state index in [4.69, 9.17) is 0 Å². The zero-order valence-electron chi connectivity index (χ0n) is 9.37. The van der Waals surface area contributed by atoms with E-state index >= 15 is 0 Å². The van der Waals surface area contributed by atoms with Crippen LogP contribution in [0.1, 0.15) is 15.2 Å². The van der Waals surface area contributed by atoms with Crippen LogP contribution in [0.25, 0.3) is 0 Å². The lowest BCUT2D eigenvalue weighted by Gasteiger charge is -2.08. The molecule has 0 saturated heterocycles. The van der Waals surface area contributed by atoms with Crippen molar-refractivity contribution in [1.82, 2.24) is 0 Å². The Bertz CT molecular complexity index is 522. The first-order chi connectivity index (χ1) is 8.16. The second-order valence-corrected chi connectivity index (χ2v) is 5.58. The molecule has 2 nitrogen and oxygen atoms in total. The highest BCUT2D eigenvalue weighted by molar-refractivity contribution is 9.10.